The molecular formula is C25H28N2O4S. The topological polar surface area (TPSA) is 77.4 Å². The monoisotopic (exact) mass is 452 g/mol. The summed E-state index contributed by atoms with van der Waals surface area (Å²) in [5.41, 5.74) is 4.99. The number of ether oxygens (including phenoxy) is 1. The quantitative estimate of drug-likeness (QED) is 0.570. The van der Waals surface area contributed by atoms with E-state index in [0.29, 0.717) is 10.6 Å². The van der Waals surface area contributed by atoms with Gasteiger partial charge < -0.3 is 10.1 Å². The van der Waals surface area contributed by atoms with Crippen LogP contribution >= 0.6 is 11.3 Å². The lowest BCUT2D eigenvalue weighted by Gasteiger charge is -2.15. The lowest BCUT2D eigenvalue weighted by atomic mass is 9.95. The molecule has 1 aliphatic rings. The molecule has 1 aromatic carbocycles. The number of hydrogen-bond acceptors (Lipinski definition) is 5. The van der Waals surface area contributed by atoms with Gasteiger partial charge in [-0.05, 0) is 76.1 Å². The van der Waals surface area contributed by atoms with Crippen molar-refractivity contribution >= 4 is 39.1 Å². The number of aromatic nitrogens is 1. The van der Waals surface area contributed by atoms with Gasteiger partial charge in [0.2, 0.25) is 5.91 Å². The minimum Gasteiger partial charge on any atom is -0.462 e. The van der Waals surface area contributed by atoms with E-state index in [9.17, 15) is 14.4 Å². The zero-order chi connectivity index (χ0) is 23.0. The van der Waals surface area contributed by atoms with Crippen molar-refractivity contribution in [3.63, 3.8) is 0 Å². The van der Waals surface area contributed by atoms with Crippen molar-refractivity contribution in [1.82, 2.24) is 4.57 Å². The van der Waals surface area contributed by atoms with E-state index in [1.807, 2.05) is 32.9 Å². The molecule has 6 nitrogen and oxygen atoms in total. The van der Waals surface area contributed by atoms with Crippen molar-refractivity contribution in [3.05, 3.63) is 61.2 Å². The molecule has 0 bridgehead atoms. The van der Waals surface area contributed by atoms with E-state index in [-0.39, 0.29) is 24.6 Å². The lowest BCUT2D eigenvalue weighted by molar-refractivity contribution is -0.116. The van der Waals surface area contributed by atoms with Crippen LogP contribution in [0.25, 0.3) is 10.9 Å². The van der Waals surface area contributed by atoms with Crippen LogP contribution in [0, 0.1) is 20.8 Å². The Bertz CT molecular complexity index is 1290. The predicted octanol–water partition coefficient (Wildman–Crippen LogP) is 4.68. The van der Waals surface area contributed by atoms with Crippen molar-refractivity contribution < 1.29 is 14.3 Å². The molecule has 1 N–H and O–H groups in total. The van der Waals surface area contributed by atoms with Gasteiger partial charge >= 0.3 is 5.97 Å². The van der Waals surface area contributed by atoms with Crippen LogP contribution < -0.4 is 10.9 Å². The summed E-state index contributed by atoms with van der Waals surface area (Å²) in [7, 11) is 0. The first kappa shape index (κ1) is 22.3. The van der Waals surface area contributed by atoms with Crippen LogP contribution in [0.5, 0.6) is 0 Å². The Kier molecular flexibility index (Phi) is 6.20. The Hall–Kier alpha value is -2.93. The van der Waals surface area contributed by atoms with Crippen LogP contribution in [0.3, 0.4) is 0 Å². The van der Waals surface area contributed by atoms with Gasteiger partial charge in [-0.3, -0.25) is 14.2 Å². The largest absolute Gasteiger partial charge is 0.462 e. The summed E-state index contributed by atoms with van der Waals surface area (Å²) < 4.78 is 6.79. The van der Waals surface area contributed by atoms with E-state index >= 15 is 0 Å². The lowest BCUT2D eigenvalue weighted by Crippen LogP contribution is -2.28. The predicted molar refractivity (Wildman–Crippen MR) is 128 cm³/mol. The smallest absolute Gasteiger partial charge is 0.341 e. The maximum Gasteiger partial charge on any atom is 0.341 e. The minimum absolute atomic E-state index is 0.121. The molecule has 0 unspecified atom stereocenters. The Balaban J connectivity index is 1.70. The average Bonchev–Trinajstić information content (AvgIpc) is 3.09. The average molecular weight is 453 g/mol. The van der Waals surface area contributed by atoms with Gasteiger partial charge in [0.05, 0.1) is 17.7 Å². The molecule has 2 heterocycles. The second kappa shape index (κ2) is 8.90. The van der Waals surface area contributed by atoms with Gasteiger partial charge in [-0.1, -0.05) is 11.6 Å². The fraction of sp³-hybridized carbons (Fsp3) is 0.400. The molecule has 0 saturated carbocycles. The van der Waals surface area contributed by atoms with Crippen LogP contribution in [0.1, 0.15) is 57.3 Å². The molecule has 3 aromatic rings. The summed E-state index contributed by atoms with van der Waals surface area (Å²) in [6.07, 6.45) is 3.82. The molecule has 4 rings (SSSR count). The number of carbonyl (C=O) groups excluding carboxylic acids is 2. The van der Waals surface area contributed by atoms with E-state index in [1.54, 1.807) is 13.0 Å². The highest BCUT2D eigenvalue weighted by Gasteiger charge is 2.27. The first-order valence-corrected chi connectivity index (χ1v) is 11.8. The molecule has 0 saturated heterocycles. The first-order chi connectivity index (χ1) is 15.3. The summed E-state index contributed by atoms with van der Waals surface area (Å²) in [4.78, 5) is 39.7. The summed E-state index contributed by atoms with van der Waals surface area (Å²) in [6.45, 7) is 7.81. The Morgan fingerprint density at radius 2 is 1.84 bits per heavy atom. The number of carbonyl (C=O) groups is 2. The van der Waals surface area contributed by atoms with Crippen molar-refractivity contribution in [2.45, 2.75) is 59.9 Å². The molecule has 1 amide bonds. The standard InChI is InChI=1S/C25H28N2O4S/c1-5-31-25(30)22-17-8-6-7-9-19(17)32-24(22)26-20(28)13-27-21(29)12-15(3)18-11-14(2)10-16(4)23(18)27/h10-12H,5-9,13H2,1-4H3,(H,26,28). The molecule has 0 radical (unpaired) electrons. The zero-order valence-electron chi connectivity index (χ0n) is 19.0. The SMILES string of the molecule is CCOC(=O)c1c(NC(=O)Cn2c(=O)cc(C)c3cc(C)cc(C)c32)sc2c1CCCC2. The normalized spacial score (nSPS) is 13.1. The number of aryl methyl sites for hydroxylation is 4. The van der Waals surface area contributed by atoms with E-state index in [4.69, 9.17) is 4.74 Å². The fourth-order valence-corrected chi connectivity index (χ4v) is 5.90. The maximum atomic E-state index is 13.1. The first-order valence-electron chi connectivity index (χ1n) is 11.0. The van der Waals surface area contributed by atoms with Crippen LogP contribution in [-0.2, 0) is 28.9 Å². The van der Waals surface area contributed by atoms with Crippen LogP contribution in [0.4, 0.5) is 5.00 Å². The summed E-state index contributed by atoms with van der Waals surface area (Å²) in [5, 5.41) is 4.40. The third-order valence-electron chi connectivity index (χ3n) is 5.95. The van der Waals surface area contributed by atoms with E-state index in [1.165, 1.54) is 15.9 Å². The second-order valence-corrected chi connectivity index (χ2v) is 9.52. The number of esters is 1. The summed E-state index contributed by atoms with van der Waals surface area (Å²) in [6, 6.07) is 5.63. The van der Waals surface area contributed by atoms with Crippen molar-refractivity contribution in [2.75, 3.05) is 11.9 Å². The number of anilines is 1. The van der Waals surface area contributed by atoms with Gasteiger partial charge in [-0.15, -0.1) is 11.3 Å². The number of nitrogens with one attached hydrogen (secondary N) is 1. The minimum atomic E-state index is -0.397. The van der Waals surface area contributed by atoms with Crippen molar-refractivity contribution in [3.8, 4) is 0 Å². The third kappa shape index (κ3) is 4.09. The molecule has 2 aromatic heterocycles. The number of hydrogen-bond donors (Lipinski definition) is 1. The highest BCUT2D eigenvalue weighted by molar-refractivity contribution is 7.17. The number of nitrogens with zero attached hydrogens (tertiary/aromatic N) is 1. The Morgan fingerprint density at radius 1 is 1.09 bits per heavy atom. The fourth-order valence-electron chi connectivity index (χ4n) is 4.61. The molecule has 0 spiro atoms. The highest BCUT2D eigenvalue weighted by atomic mass is 32.1. The molecule has 0 atom stereocenters. The molecule has 0 fully saturated rings. The number of pyridine rings is 1. The highest BCUT2D eigenvalue weighted by Crippen LogP contribution is 2.38. The third-order valence-corrected chi connectivity index (χ3v) is 7.16. The van der Waals surface area contributed by atoms with Gasteiger partial charge in [-0.2, -0.15) is 0 Å². The second-order valence-electron chi connectivity index (χ2n) is 8.41. The number of rotatable bonds is 5. The van der Waals surface area contributed by atoms with Crippen LogP contribution in [-0.4, -0.2) is 23.1 Å². The van der Waals surface area contributed by atoms with Gasteiger partial charge in [0.25, 0.3) is 5.56 Å². The van der Waals surface area contributed by atoms with E-state index < -0.39 is 5.97 Å². The Labute approximate surface area is 191 Å². The summed E-state index contributed by atoms with van der Waals surface area (Å²) in [5.74, 6) is -0.729. The molecule has 1 aliphatic carbocycles. The molecular weight excluding hydrogens is 424 g/mol. The molecule has 7 heteroatoms. The maximum absolute atomic E-state index is 13.1. The van der Waals surface area contributed by atoms with Gasteiger partial charge in [0.1, 0.15) is 11.5 Å². The van der Waals surface area contributed by atoms with Gasteiger partial charge in [-0.25, -0.2) is 4.79 Å². The Morgan fingerprint density at radius 3 is 2.59 bits per heavy atom. The summed E-state index contributed by atoms with van der Waals surface area (Å²) >= 11 is 1.45. The molecule has 168 valence electrons. The number of amides is 1. The van der Waals surface area contributed by atoms with Crippen LogP contribution in [0.15, 0.2) is 23.0 Å². The molecule has 32 heavy (non-hydrogen) atoms. The van der Waals surface area contributed by atoms with E-state index in [0.717, 1.165) is 63.7 Å². The molecule has 0 aliphatic heterocycles. The number of benzene rings is 1. The van der Waals surface area contributed by atoms with E-state index in [2.05, 4.69) is 5.32 Å². The van der Waals surface area contributed by atoms with Crippen molar-refractivity contribution in [1.29, 1.82) is 0 Å². The van der Waals surface area contributed by atoms with Gasteiger partial charge in [0.15, 0.2) is 0 Å². The zero-order valence-corrected chi connectivity index (χ0v) is 19.8. The number of thiophene rings is 1. The van der Waals surface area contributed by atoms with Gasteiger partial charge in [0, 0.05) is 16.3 Å². The van der Waals surface area contributed by atoms with Crippen LogP contribution in [0.2, 0.25) is 0 Å². The van der Waals surface area contributed by atoms with Crippen molar-refractivity contribution in [2.24, 2.45) is 0 Å². The number of fused-ring (bicyclic) bond motifs is 2.